The summed E-state index contributed by atoms with van der Waals surface area (Å²) in [5.41, 5.74) is 1.59. The first-order valence-corrected chi connectivity index (χ1v) is 9.83. The Morgan fingerprint density at radius 3 is 2.19 bits per heavy atom. The molecule has 6 nitrogen and oxygen atoms in total. The molecule has 2 aromatic rings. The first kappa shape index (κ1) is 20.7. The van der Waals surface area contributed by atoms with Crippen LogP contribution in [-0.4, -0.2) is 33.6 Å². The molecule has 0 spiro atoms. The molecule has 0 aromatic heterocycles. The Kier molecular flexibility index (Phi) is 7.48. The number of nitrogens with one attached hydrogen (secondary N) is 1. The van der Waals surface area contributed by atoms with Crippen LogP contribution in [0, 0.1) is 0 Å². The minimum absolute atomic E-state index is 0.0318. The van der Waals surface area contributed by atoms with Crippen LogP contribution in [0.3, 0.4) is 0 Å². The standard InChI is InChI=1S/C17H15Br3N2O4/c18-11-5-9(1-2-15(11)23)8-14(22-26)17(25)21-4-3-10-6-12(19)16(24)13(20)7-10/h1-2,5-7,23-24,26H,3-4,8H2,(H,21,25)/b22-14-. The summed E-state index contributed by atoms with van der Waals surface area (Å²) in [6, 6.07) is 8.32. The number of phenols is 2. The molecule has 0 bridgehead atoms. The third-order valence-electron chi connectivity index (χ3n) is 3.54. The Morgan fingerprint density at radius 1 is 1.00 bits per heavy atom. The number of carbonyl (C=O) groups excluding carboxylic acids is 1. The number of carbonyl (C=O) groups is 1. The number of hydrogen-bond acceptors (Lipinski definition) is 5. The van der Waals surface area contributed by atoms with Gasteiger partial charge in [0.1, 0.15) is 17.2 Å². The first-order chi connectivity index (χ1) is 12.3. The Hall–Kier alpha value is -1.58. The lowest BCUT2D eigenvalue weighted by Gasteiger charge is -2.09. The van der Waals surface area contributed by atoms with Gasteiger partial charge in [0.15, 0.2) is 0 Å². The summed E-state index contributed by atoms with van der Waals surface area (Å²) in [5.74, 6) is -0.270. The van der Waals surface area contributed by atoms with Crippen molar-refractivity contribution < 1.29 is 20.2 Å². The minimum Gasteiger partial charge on any atom is -0.507 e. The van der Waals surface area contributed by atoms with E-state index in [2.05, 4.69) is 58.3 Å². The predicted molar refractivity (Wildman–Crippen MR) is 109 cm³/mol. The summed E-state index contributed by atoms with van der Waals surface area (Å²) >= 11 is 9.72. The molecule has 0 atom stereocenters. The van der Waals surface area contributed by atoms with Gasteiger partial charge in [-0.15, -0.1) is 0 Å². The summed E-state index contributed by atoms with van der Waals surface area (Å²) in [6.07, 6.45) is 0.657. The topological polar surface area (TPSA) is 102 Å². The van der Waals surface area contributed by atoms with Gasteiger partial charge < -0.3 is 20.7 Å². The second-order valence-corrected chi connectivity index (χ2v) is 7.99. The van der Waals surface area contributed by atoms with Crippen molar-refractivity contribution >= 4 is 59.4 Å². The van der Waals surface area contributed by atoms with Crippen LogP contribution in [0.5, 0.6) is 11.5 Å². The van der Waals surface area contributed by atoms with Crippen LogP contribution in [0.1, 0.15) is 11.1 Å². The second-order valence-electron chi connectivity index (χ2n) is 5.42. The third kappa shape index (κ3) is 5.46. The molecule has 4 N–H and O–H groups in total. The highest BCUT2D eigenvalue weighted by Crippen LogP contribution is 2.33. The Balaban J connectivity index is 1.94. The monoisotopic (exact) mass is 548 g/mol. The molecule has 0 radical (unpaired) electrons. The van der Waals surface area contributed by atoms with Crippen molar-refractivity contribution in [3.63, 3.8) is 0 Å². The van der Waals surface area contributed by atoms with Crippen LogP contribution in [-0.2, 0) is 17.6 Å². The number of halogens is 3. The molecule has 1 amide bonds. The molecule has 138 valence electrons. The van der Waals surface area contributed by atoms with E-state index in [4.69, 9.17) is 5.21 Å². The lowest BCUT2D eigenvalue weighted by atomic mass is 10.1. The fraction of sp³-hybridized carbons (Fsp3) is 0.176. The van der Waals surface area contributed by atoms with Gasteiger partial charge in [-0.2, -0.15) is 0 Å². The van der Waals surface area contributed by atoms with E-state index in [0.29, 0.717) is 31.9 Å². The Bertz CT molecular complexity index is 833. The van der Waals surface area contributed by atoms with Crippen LogP contribution >= 0.6 is 47.8 Å². The van der Waals surface area contributed by atoms with Gasteiger partial charge in [-0.05, 0) is 89.6 Å². The van der Waals surface area contributed by atoms with Crippen LogP contribution in [0.15, 0.2) is 48.9 Å². The lowest BCUT2D eigenvalue weighted by molar-refractivity contribution is -0.115. The quantitative estimate of drug-likeness (QED) is 0.247. The maximum atomic E-state index is 12.2. The van der Waals surface area contributed by atoms with Crippen molar-refractivity contribution in [1.82, 2.24) is 5.32 Å². The van der Waals surface area contributed by atoms with Crippen molar-refractivity contribution in [3.8, 4) is 11.5 Å². The van der Waals surface area contributed by atoms with Crippen molar-refractivity contribution in [1.29, 1.82) is 0 Å². The zero-order valence-electron chi connectivity index (χ0n) is 13.3. The highest BCUT2D eigenvalue weighted by atomic mass is 79.9. The predicted octanol–water partition coefficient (Wildman–Crippen LogP) is 4.12. The average Bonchev–Trinajstić information content (AvgIpc) is 2.60. The van der Waals surface area contributed by atoms with E-state index in [1.807, 2.05) is 0 Å². The van der Waals surface area contributed by atoms with Crippen molar-refractivity contribution in [3.05, 3.63) is 54.9 Å². The number of phenolic OH excluding ortho intramolecular Hbond substituents is 2. The van der Waals surface area contributed by atoms with Crippen molar-refractivity contribution in [2.45, 2.75) is 12.8 Å². The van der Waals surface area contributed by atoms with Gasteiger partial charge in [0, 0.05) is 13.0 Å². The second kappa shape index (κ2) is 9.38. The van der Waals surface area contributed by atoms with E-state index in [0.717, 1.165) is 5.56 Å². The van der Waals surface area contributed by atoms with E-state index in [1.54, 1.807) is 24.3 Å². The molecule has 2 rings (SSSR count). The largest absolute Gasteiger partial charge is 0.507 e. The molecule has 0 aliphatic heterocycles. The van der Waals surface area contributed by atoms with Crippen LogP contribution in [0.2, 0.25) is 0 Å². The maximum absolute atomic E-state index is 12.2. The summed E-state index contributed by atoms with van der Waals surface area (Å²) in [4.78, 5) is 12.2. The zero-order chi connectivity index (χ0) is 19.3. The number of rotatable bonds is 6. The van der Waals surface area contributed by atoms with E-state index in [1.165, 1.54) is 6.07 Å². The van der Waals surface area contributed by atoms with Gasteiger partial charge in [-0.3, -0.25) is 4.79 Å². The zero-order valence-corrected chi connectivity index (χ0v) is 18.1. The molecule has 0 saturated heterocycles. The Morgan fingerprint density at radius 2 is 1.62 bits per heavy atom. The number of hydrogen-bond donors (Lipinski definition) is 4. The van der Waals surface area contributed by atoms with Gasteiger partial charge in [-0.1, -0.05) is 11.2 Å². The molecule has 26 heavy (non-hydrogen) atoms. The number of nitrogens with zero attached hydrogens (tertiary/aromatic N) is 1. The summed E-state index contributed by atoms with van der Waals surface area (Å²) in [5, 5.41) is 34.1. The maximum Gasteiger partial charge on any atom is 0.269 e. The average molecular weight is 551 g/mol. The fourth-order valence-electron chi connectivity index (χ4n) is 2.20. The molecule has 0 fully saturated rings. The summed E-state index contributed by atoms with van der Waals surface area (Å²) in [7, 11) is 0. The lowest BCUT2D eigenvalue weighted by Crippen LogP contribution is -2.33. The smallest absolute Gasteiger partial charge is 0.269 e. The Labute approximate surface area is 175 Å². The molecular formula is C17H15Br3N2O4. The molecule has 0 heterocycles. The number of benzene rings is 2. The summed E-state index contributed by atoms with van der Waals surface area (Å²) < 4.78 is 1.61. The van der Waals surface area contributed by atoms with Crippen LogP contribution < -0.4 is 5.32 Å². The number of amides is 1. The SMILES string of the molecule is O=C(NCCc1cc(Br)c(O)c(Br)c1)/C(Cc1ccc(O)c(Br)c1)=N\O. The van der Waals surface area contributed by atoms with Gasteiger partial charge >= 0.3 is 0 Å². The molecule has 9 heteroatoms. The van der Waals surface area contributed by atoms with E-state index in [-0.39, 0.29) is 23.6 Å². The minimum atomic E-state index is -0.478. The highest BCUT2D eigenvalue weighted by molar-refractivity contribution is 9.11. The number of oxime groups is 1. The van der Waals surface area contributed by atoms with Gasteiger partial charge in [-0.25, -0.2) is 0 Å². The van der Waals surface area contributed by atoms with Crippen LogP contribution in [0.25, 0.3) is 0 Å². The molecular weight excluding hydrogens is 536 g/mol. The molecule has 0 aliphatic carbocycles. The fourth-order valence-corrected chi connectivity index (χ4v) is 3.91. The third-order valence-corrected chi connectivity index (χ3v) is 5.39. The highest BCUT2D eigenvalue weighted by Gasteiger charge is 2.14. The number of aromatic hydroxyl groups is 2. The molecule has 2 aromatic carbocycles. The first-order valence-electron chi connectivity index (χ1n) is 7.45. The van der Waals surface area contributed by atoms with Crippen LogP contribution in [0.4, 0.5) is 0 Å². The molecule has 0 aliphatic rings. The van der Waals surface area contributed by atoms with Crippen molar-refractivity contribution in [2.24, 2.45) is 5.16 Å². The van der Waals surface area contributed by atoms with E-state index in [9.17, 15) is 15.0 Å². The molecule has 0 unspecified atom stereocenters. The molecule has 0 saturated carbocycles. The van der Waals surface area contributed by atoms with Crippen molar-refractivity contribution in [2.75, 3.05) is 6.54 Å². The summed E-state index contributed by atoms with van der Waals surface area (Å²) in [6.45, 7) is 0.334. The van der Waals surface area contributed by atoms with Gasteiger partial charge in [0.05, 0.1) is 13.4 Å². The van der Waals surface area contributed by atoms with E-state index < -0.39 is 5.91 Å². The van der Waals surface area contributed by atoms with Gasteiger partial charge in [0.2, 0.25) is 0 Å². The normalized spacial score (nSPS) is 11.4. The van der Waals surface area contributed by atoms with E-state index >= 15 is 0 Å². The van der Waals surface area contributed by atoms with Gasteiger partial charge in [0.25, 0.3) is 5.91 Å².